The Labute approximate surface area is 167 Å². The fraction of sp³-hybridized carbons (Fsp3) is 0.526. The van der Waals surface area contributed by atoms with Crippen LogP contribution in [0.1, 0.15) is 57.5 Å². The van der Waals surface area contributed by atoms with Gasteiger partial charge in [0.15, 0.2) is 0 Å². The van der Waals surface area contributed by atoms with Crippen LogP contribution in [0.4, 0.5) is 15.3 Å². The molecule has 1 aromatic rings. The van der Waals surface area contributed by atoms with Crippen molar-refractivity contribution in [2.45, 2.75) is 47.1 Å². The zero-order valence-electron chi connectivity index (χ0n) is 16.5. The molecule has 0 spiro atoms. The highest BCUT2D eigenvalue weighted by molar-refractivity contribution is 9.10. The van der Waals surface area contributed by atoms with Crippen LogP contribution in [0.3, 0.4) is 0 Å². The molecule has 7 nitrogen and oxygen atoms in total. The number of halogens is 1. The SMILES string of the molecule is CN1C(=O)c2c(N(C(=O)O)C(=O)O)ccc(Br)c2C1(C(C)(C)C)C(C)(C)C. The van der Waals surface area contributed by atoms with Gasteiger partial charge in [0, 0.05) is 17.1 Å². The maximum absolute atomic E-state index is 13.3. The third-order valence-corrected chi connectivity index (χ3v) is 5.97. The predicted molar refractivity (Wildman–Crippen MR) is 105 cm³/mol. The summed E-state index contributed by atoms with van der Waals surface area (Å²) in [6, 6.07) is 2.95. The summed E-state index contributed by atoms with van der Waals surface area (Å²) in [5, 5.41) is 18.8. The van der Waals surface area contributed by atoms with E-state index in [1.807, 2.05) is 41.5 Å². The molecule has 0 saturated carbocycles. The van der Waals surface area contributed by atoms with Crippen molar-refractivity contribution in [2.75, 3.05) is 11.9 Å². The molecular formula is C19H25BrN2O5. The highest BCUT2D eigenvalue weighted by Gasteiger charge is 2.62. The number of nitrogens with zero attached hydrogens (tertiary/aromatic N) is 2. The van der Waals surface area contributed by atoms with E-state index in [-0.39, 0.29) is 16.2 Å². The molecule has 0 unspecified atom stereocenters. The molecule has 8 heteroatoms. The van der Waals surface area contributed by atoms with E-state index in [2.05, 4.69) is 15.9 Å². The summed E-state index contributed by atoms with van der Waals surface area (Å²) >= 11 is 3.53. The lowest BCUT2D eigenvalue weighted by atomic mass is 9.57. The van der Waals surface area contributed by atoms with Crippen LogP contribution in [-0.2, 0) is 5.54 Å². The summed E-state index contributed by atoms with van der Waals surface area (Å²) in [5.41, 5.74) is -1.11. The van der Waals surface area contributed by atoms with E-state index in [0.717, 1.165) is 0 Å². The molecule has 0 atom stereocenters. The first-order chi connectivity index (χ1) is 12.1. The third-order valence-electron chi connectivity index (χ3n) is 5.31. The van der Waals surface area contributed by atoms with Crippen molar-refractivity contribution in [2.24, 2.45) is 10.8 Å². The maximum Gasteiger partial charge on any atom is 0.421 e. The van der Waals surface area contributed by atoms with Gasteiger partial charge >= 0.3 is 12.2 Å². The van der Waals surface area contributed by atoms with Crippen molar-refractivity contribution in [3.63, 3.8) is 0 Å². The number of hydrogen-bond donors (Lipinski definition) is 2. The van der Waals surface area contributed by atoms with Gasteiger partial charge in [-0.1, -0.05) is 57.5 Å². The average molecular weight is 441 g/mol. The van der Waals surface area contributed by atoms with Crippen molar-refractivity contribution in [1.82, 2.24) is 4.90 Å². The van der Waals surface area contributed by atoms with Crippen LogP contribution in [-0.4, -0.2) is 40.3 Å². The topological polar surface area (TPSA) is 98.2 Å². The zero-order chi connectivity index (χ0) is 21.1. The molecule has 1 aliphatic rings. The van der Waals surface area contributed by atoms with Crippen molar-refractivity contribution in [3.8, 4) is 0 Å². The Bertz CT molecular complexity index is 808. The molecule has 0 radical (unpaired) electrons. The lowest BCUT2D eigenvalue weighted by molar-refractivity contribution is -0.0542. The first kappa shape index (κ1) is 21.2. The molecule has 0 bridgehead atoms. The third kappa shape index (κ3) is 2.72. The van der Waals surface area contributed by atoms with Crippen molar-refractivity contribution in [1.29, 1.82) is 0 Å². The minimum atomic E-state index is -1.66. The molecule has 0 fully saturated rings. The van der Waals surface area contributed by atoms with Gasteiger partial charge in [0.2, 0.25) is 0 Å². The van der Waals surface area contributed by atoms with E-state index < -0.39 is 34.5 Å². The van der Waals surface area contributed by atoms with E-state index in [4.69, 9.17) is 0 Å². The van der Waals surface area contributed by atoms with Gasteiger partial charge in [0.05, 0.1) is 16.8 Å². The van der Waals surface area contributed by atoms with Crippen LogP contribution >= 0.6 is 15.9 Å². The number of fused-ring (bicyclic) bond motifs is 1. The summed E-state index contributed by atoms with van der Waals surface area (Å²) in [5.74, 6) is -0.404. The number of amides is 3. The fourth-order valence-electron chi connectivity index (χ4n) is 4.98. The Balaban J connectivity index is 3.05. The van der Waals surface area contributed by atoms with Crippen LogP contribution in [0.25, 0.3) is 0 Å². The largest absolute Gasteiger partial charge is 0.464 e. The maximum atomic E-state index is 13.3. The minimum Gasteiger partial charge on any atom is -0.464 e. The van der Waals surface area contributed by atoms with E-state index in [1.54, 1.807) is 18.0 Å². The Kier molecular flexibility index (Phi) is 4.89. The second-order valence-corrected chi connectivity index (χ2v) is 9.65. The second kappa shape index (κ2) is 6.22. The Morgan fingerprint density at radius 1 is 1.04 bits per heavy atom. The number of carboxylic acid groups (broad SMARTS) is 2. The highest BCUT2D eigenvalue weighted by Crippen LogP contribution is 2.61. The number of benzene rings is 1. The van der Waals surface area contributed by atoms with Crippen molar-refractivity contribution in [3.05, 3.63) is 27.7 Å². The summed E-state index contributed by atoms with van der Waals surface area (Å²) in [6.07, 6.45) is -3.32. The summed E-state index contributed by atoms with van der Waals surface area (Å²) < 4.78 is 0.638. The number of carbonyl (C=O) groups excluding carboxylic acids is 1. The Morgan fingerprint density at radius 2 is 1.48 bits per heavy atom. The number of anilines is 1. The molecule has 0 aliphatic carbocycles. The fourth-order valence-corrected chi connectivity index (χ4v) is 5.60. The van der Waals surface area contributed by atoms with E-state index in [1.165, 1.54) is 6.07 Å². The van der Waals surface area contributed by atoms with Crippen LogP contribution < -0.4 is 4.90 Å². The molecule has 1 heterocycles. The van der Waals surface area contributed by atoms with Crippen LogP contribution in [0.15, 0.2) is 16.6 Å². The number of hydrogen-bond acceptors (Lipinski definition) is 3. The van der Waals surface area contributed by atoms with Gasteiger partial charge < -0.3 is 15.1 Å². The Hall–Kier alpha value is -2.09. The lowest BCUT2D eigenvalue weighted by Gasteiger charge is -2.56. The van der Waals surface area contributed by atoms with Gasteiger partial charge in [-0.3, -0.25) is 4.79 Å². The molecule has 1 aliphatic heterocycles. The summed E-state index contributed by atoms with van der Waals surface area (Å²) in [4.78, 5) is 38.3. The van der Waals surface area contributed by atoms with Gasteiger partial charge in [-0.25, -0.2) is 9.59 Å². The monoisotopic (exact) mass is 440 g/mol. The predicted octanol–water partition coefficient (Wildman–Crippen LogP) is 4.98. The van der Waals surface area contributed by atoms with E-state index in [0.29, 0.717) is 10.0 Å². The second-order valence-electron chi connectivity index (χ2n) is 8.79. The molecule has 0 saturated heterocycles. The molecular weight excluding hydrogens is 416 g/mol. The molecule has 3 amide bonds. The van der Waals surface area contributed by atoms with Gasteiger partial charge in [-0.2, -0.15) is 4.90 Å². The highest BCUT2D eigenvalue weighted by atomic mass is 79.9. The molecule has 27 heavy (non-hydrogen) atoms. The average Bonchev–Trinajstić information content (AvgIpc) is 2.71. The number of rotatable bonds is 1. The number of carbonyl (C=O) groups is 3. The number of imide groups is 1. The normalized spacial score (nSPS) is 16.3. The standard InChI is InChI=1S/C19H25BrN2O5/c1-17(2,3)19(18(4,5)6)13-10(20)8-9-11(12(13)14(23)21(19)7)22(15(24)25)16(26)27/h8-9H,1-7H3,(H,24,25)(H,26,27). The first-order valence-corrected chi connectivity index (χ1v) is 9.27. The summed E-state index contributed by atoms with van der Waals surface area (Å²) in [7, 11) is 1.68. The van der Waals surface area contributed by atoms with Crippen LogP contribution in [0.5, 0.6) is 0 Å². The quantitative estimate of drug-likeness (QED) is 0.640. The zero-order valence-corrected chi connectivity index (χ0v) is 18.1. The van der Waals surface area contributed by atoms with Gasteiger partial charge in [-0.15, -0.1) is 0 Å². The molecule has 148 valence electrons. The minimum absolute atomic E-state index is 0.0986. The van der Waals surface area contributed by atoms with Crippen LogP contribution in [0.2, 0.25) is 0 Å². The summed E-state index contributed by atoms with van der Waals surface area (Å²) in [6.45, 7) is 12.1. The van der Waals surface area contributed by atoms with Gasteiger partial charge in [0.25, 0.3) is 5.91 Å². The van der Waals surface area contributed by atoms with Crippen molar-refractivity contribution >= 4 is 39.7 Å². The first-order valence-electron chi connectivity index (χ1n) is 8.47. The van der Waals surface area contributed by atoms with E-state index >= 15 is 0 Å². The molecule has 2 N–H and O–H groups in total. The van der Waals surface area contributed by atoms with Crippen molar-refractivity contribution < 1.29 is 24.6 Å². The van der Waals surface area contributed by atoms with E-state index in [9.17, 15) is 24.6 Å². The van der Waals surface area contributed by atoms with Gasteiger partial charge in [0.1, 0.15) is 0 Å². The molecule has 0 aromatic heterocycles. The molecule has 1 aromatic carbocycles. The van der Waals surface area contributed by atoms with Gasteiger partial charge in [-0.05, 0) is 23.0 Å². The van der Waals surface area contributed by atoms with Crippen LogP contribution in [0, 0.1) is 10.8 Å². The lowest BCUT2D eigenvalue weighted by Crippen LogP contribution is -2.58. The Morgan fingerprint density at radius 3 is 1.85 bits per heavy atom. The smallest absolute Gasteiger partial charge is 0.421 e. The molecule has 2 rings (SSSR count).